The lowest BCUT2D eigenvalue weighted by Gasteiger charge is -2.05. The molecule has 0 saturated carbocycles. The summed E-state index contributed by atoms with van der Waals surface area (Å²) in [6.45, 7) is 0. The van der Waals surface area contributed by atoms with E-state index in [1.165, 1.54) is 38.5 Å². The summed E-state index contributed by atoms with van der Waals surface area (Å²) >= 11 is 0. The van der Waals surface area contributed by atoms with Gasteiger partial charge in [-0.05, 0) is 12.8 Å². The molecule has 2 rings (SSSR count). The quantitative estimate of drug-likeness (QED) is 0.544. The number of fused-ring (bicyclic) bond motifs is 2. The third kappa shape index (κ3) is 2.93. The molecule has 2 heterocycles. The van der Waals surface area contributed by atoms with E-state index >= 15 is 0 Å². The van der Waals surface area contributed by atoms with E-state index < -0.39 is 0 Å². The highest BCUT2D eigenvalue weighted by molar-refractivity contribution is 4.57. The summed E-state index contributed by atoms with van der Waals surface area (Å²) in [4.78, 5) is 10.1. The molecular formula is C10H18O3. The van der Waals surface area contributed by atoms with Gasteiger partial charge in [-0.25, -0.2) is 9.78 Å². The number of hydrogen-bond acceptors (Lipinski definition) is 3. The molecule has 2 saturated heterocycles. The van der Waals surface area contributed by atoms with E-state index in [9.17, 15) is 0 Å². The van der Waals surface area contributed by atoms with Gasteiger partial charge >= 0.3 is 0 Å². The van der Waals surface area contributed by atoms with Crippen LogP contribution in [0.2, 0.25) is 0 Å². The summed E-state index contributed by atoms with van der Waals surface area (Å²) in [7, 11) is 0. The monoisotopic (exact) mass is 186 g/mol. The van der Waals surface area contributed by atoms with Crippen molar-refractivity contribution in [2.75, 3.05) is 0 Å². The maximum atomic E-state index is 5.55. The van der Waals surface area contributed by atoms with Crippen LogP contribution in [0.1, 0.15) is 51.4 Å². The van der Waals surface area contributed by atoms with E-state index in [-0.39, 0.29) is 12.6 Å². The Morgan fingerprint density at radius 2 is 1.08 bits per heavy atom. The molecule has 3 heteroatoms. The van der Waals surface area contributed by atoms with Crippen LogP contribution in [0.3, 0.4) is 0 Å². The zero-order valence-corrected chi connectivity index (χ0v) is 8.04. The average Bonchev–Trinajstić information content (AvgIpc) is 2.52. The second kappa shape index (κ2) is 4.94. The van der Waals surface area contributed by atoms with Gasteiger partial charge in [0.2, 0.25) is 0 Å². The van der Waals surface area contributed by atoms with Crippen LogP contribution in [0.15, 0.2) is 0 Å². The van der Waals surface area contributed by atoms with Crippen LogP contribution in [0.4, 0.5) is 0 Å². The fraction of sp³-hybridized carbons (Fsp3) is 1.00. The van der Waals surface area contributed by atoms with Crippen LogP contribution in [0, 0.1) is 0 Å². The molecule has 0 N–H and O–H groups in total. The number of rotatable bonds is 0. The lowest BCUT2D eigenvalue weighted by Crippen LogP contribution is -2.11. The first-order chi connectivity index (χ1) is 6.45. The summed E-state index contributed by atoms with van der Waals surface area (Å²) in [5.41, 5.74) is 0. The topological polar surface area (TPSA) is 27.7 Å². The molecule has 2 aliphatic heterocycles. The van der Waals surface area contributed by atoms with Gasteiger partial charge in [-0.1, -0.05) is 25.7 Å². The van der Waals surface area contributed by atoms with Crippen LogP contribution in [-0.2, 0) is 14.5 Å². The molecule has 0 aromatic carbocycles. The van der Waals surface area contributed by atoms with Crippen molar-refractivity contribution < 1.29 is 14.5 Å². The molecular weight excluding hydrogens is 168 g/mol. The van der Waals surface area contributed by atoms with Crippen molar-refractivity contribution >= 4 is 0 Å². The molecule has 13 heavy (non-hydrogen) atoms. The third-order valence-corrected chi connectivity index (χ3v) is 2.70. The van der Waals surface area contributed by atoms with Gasteiger partial charge in [0.1, 0.15) is 0 Å². The highest BCUT2D eigenvalue weighted by Crippen LogP contribution is 2.24. The number of ether oxygens (including phenoxy) is 1. The summed E-state index contributed by atoms with van der Waals surface area (Å²) in [6.07, 6.45) is 9.48. The second-order valence-corrected chi connectivity index (χ2v) is 3.89. The average molecular weight is 186 g/mol. The van der Waals surface area contributed by atoms with Gasteiger partial charge in [-0.3, -0.25) is 0 Å². The van der Waals surface area contributed by atoms with Gasteiger partial charge < -0.3 is 4.74 Å². The van der Waals surface area contributed by atoms with Crippen molar-refractivity contribution in [2.45, 2.75) is 63.9 Å². The Balaban J connectivity index is 1.79. The predicted octanol–water partition coefficient (Wildman–Crippen LogP) is 2.75. The maximum Gasteiger partial charge on any atom is 0.194 e. The molecule has 0 spiro atoms. The predicted molar refractivity (Wildman–Crippen MR) is 47.8 cm³/mol. The zero-order chi connectivity index (χ0) is 8.93. The highest BCUT2D eigenvalue weighted by Gasteiger charge is 2.27. The van der Waals surface area contributed by atoms with Crippen LogP contribution < -0.4 is 0 Å². The van der Waals surface area contributed by atoms with Gasteiger partial charge in [0, 0.05) is 12.8 Å². The van der Waals surface area contributed by atoms with Crippen molar-refractivity contribution in [3.63, 3.8) is 0 Å². The lowest BCUT2D eigenvalue weighted by atomic mass is 10.1. The summed E-state index contributed by atoms with van der Waals surface area (Å²) in [5, 5.41) is 0. The molecule has 0 aliphatic carbocycles. The Labute approximate surface area is 79.3 Å². The summed E-state index contributed by atoms with van der Waals surface area (Å²) in [5.74, 6) is 0. The first-order valence-electron chi connectivity index (χ1n) is 5.43. The Kier molecular flexibility index (Phi) is 3.58. The maximum absolute atomic E-state index is 5.55. The van der Waals surface area contributed by atoms with Gasteiger partial charge in [-0.15, -0.1) is 0 Å². The Morgan fingerprint density at radius 1 is 0.615 bits per heavy atom. The molecule has 2 atom stereocenters. The molecule has 0 aromatic heterocycles. The van der Waals surface area contributed by atoms with Crippen molar-refractivity contribution in [3.05, 3.63) is 0 Å². The van der Waals surface area contributed by atoms with Crippen molar-refractivity contribution in [2.24, 2.45) is 0 Å². The van der Waals surface area contributed by atoms with Crippen molar-refractivity contribution in [1.29, 1.82) is 0 Å². The van der Waals surface area contributed by atoms with Crippen LogP contribution in [0.5, 0.6) is 0 Å². The molecule has 0 unspecified atom stereocenters. The van der Waals surface area contributed by atoms with E-state index in [0.29, 0.717) is 0 Å². The van der Waals surface area contributed by atoms with E-state index in [1.807, 2.05) is 0 Å². The largest absolute Gasteiger partial charge is 0.318 e. The Morgan fingerprint density at radius 3 is 1.62 bits per heavy atom. The normalized spacial score (nSPS) is 36.9. The van der Waals surface area contributed by atoms with E-state index in [0.717, 1.165) is 12.8 Å². The third-order valence-electron chi connectivity index (χ3n) is 2.70. The molecule has 2 fully saturated rings. The molecule has 76 valence electrons. The minimum absolute atomic E-state index is 0.0944. The fourth-order valence-electron chi connectivity index (χ4n) is 1.90. The van der Waals surface area contributed by atoms with Crippen LogP contribution in [-0.4, -0.2) is 12.6 Å². The van der Waals surface area contributed by atoms with Gasteiger partial charge in [0.25, 0.3) is 0 Å². The minimum atomic E-state index is -0.0944. The Bertz CT molecular complexity index is 133. The van der Waals surface area contributed by atoms with E-state index in [2.05, 4.69) is 0 Å². The molecule has 0 aromatic rings. The fourth-order valence-corrected chi connectivity index (χ4v) is 1.90. The molecule has 0 amide bonds. The summed E-state index contributed by atoms with van der Waals surface area (Å²) in [6, 6.07) is 0. The van der Waals surface area contributed by atoms with Gasteiger partial charge in [0.05, 0.1) is 0 Å². The molecule has 0 radical (unpaired) electrons. The van der Waals surface area contributed by atoms with Crippen LogP contribution in [0.25, 0.3) is 0 Å². The second-order valence-electron chi connectivity index (χ2n) is 3.89. The summed E-state index contributed by atoms with van der Waals surface area (Å²) < 4.78 is 5.55. The lowest BCUT2D eigenvalue weighted by molar-refractivity contribution is -0.298. The first-order valence-corrected chi connectivity index (χ1v) is 5.43. The zero-order valence-electron chi connectivity index (χ0n) is 8.04. The first kappa shape index (κ1) is 9.44. The number of hydrogen-bond donors (Lipinski definition) is 0. The molecule has 3 nitrogen and oxygen atoms in total. The minimum Gasteiger partial charge on any atom is -0.318 e. The van der Waals surface area contributed by atoms with Gasteiger partial charge in [-0.2, -0.15) is 0 Å². The van der Waals surface area contributed by atoms with Gasteiger partial charge in [0.15, 0.2) is 12.6 Å². The van der Waals surface area contributed by atoms with E-state index in [1.54, 1.807) is 0 Å². The SMILES string of the molecule is C1CCCC[C@H]2OO[C@H](CCC1)O2. The smallest absolute Gasteiger partial charge is 0.194 e. The van der Waals surface area contributed by atoms with Crippen molar-refractivity contribution in [1.82, 2.24) is 0 Å². The van der Waals surface area contributed by atoms with Crippen molar-refractivity contribution in [3.8, 4) is 0 Å². The highest BCUT2D eigenvalue weighted by atomic mass is 17.3. The molecule has 2 bridgehead atoms. The van der Waals surface area contributed by atoms with Crippen LogP contribution >= 0.6 is 0 Å². The Hall–Kier alpha value is -0.120. The molecule has 2 aliphatic rings. The standard InChI is InChI=1S/C10H18O3/c1-2-4-6-8-10-11-9(12-13-10)7-5-3-1/h9-10H,1-8H2/t9-,10-/m1/s1. The van der Waals surface area contributed by atoms with E-state index in [4.69, 9.17) is 14.5 Å².